The highest BCUT2D eigenvalue weighted by Gasteiger charge is 2.30. The Morgan fingerprint density at radius 3 is 2.33 bits per heavy atom. The summed E-state index contributed by atoms with van der Waals surface area (Å²) >= 11 is 0. The van der Waals surface area contributed by atoms with Gasteiger partial charge in [0.25, 0.3) is 0 Å². The average molecular weight is 302 g/mol. The first kappa shape index (κ1) is 16.3. The summed E-state index contributed by atoms with van der Waals surface area (Å²) in [5.41, 5.74) is 6.17. The normalized spacial score (nSPS) is 18.7. The molecule has 1 aliphatic rings. The van der Waals surface area contributed by atoms with E-state index in [9.17, 15) is 13.2 Å². The van der Waals surface area contributed by atoms with Gasteiger partial charge in [0.05, 0.1) is 18.8 Å². The molecule has 3 nitrogen and oxygen atoms in total. The van der Waals surface area contributed by atoms with E-state index in [0.29, 0.717) is 0 Å². The zero-order valence-corrected chi connectivity index (χ0v) is 11.9. The van der Waals surface area contributed by atoms with E-state index in [4.69, 9.17) is 10.5 Å². The summed E-state index contributed by atoms with van der Waals surface area (Å²) in [5, 5.41) is 0. The van der Waals surface area contributed by atoms with Crippen LogP contribution in [0.2, 0.25) is 0 Å². The van der Waals surface area contributed by atoms with Gasteiger partial charge in [-0.3, -0.25) is 4.90 Å². The second-order valence-electron chi connectivity index (χ2n) is 5.32. The summed E-state index contributed by atoms with van der Waals surface area (Å²) in [6.45, 7) is 4.37. The Balaban J connectivity index is 1.78. The molecule has 0 spiro atoms. The Hall–Kier alpha value is -1.11. The van der Waals surface area contributed by atoms with E-state index in [2.05, 4.69) is 4.90 Å². The Morgan fingerprint density at radius 2 is 1.76 bits per heavy atom. The molecule has 0 aliphatic carbocycles. The molecule has 2 N–H and O–H groups in total. The molecule has 1 aromatic carbocycles. The third-order valence-corrected chi connectivity index (χ3v) is 3.76. The summed E-state index contributed by atoms with van der Waals surface area (Å²) in [4.78, 5) is 2.32. The lowest BCUT2D eigenvalue weighted by atomic mass is 10.0. The fourth-order valence-corrected chi connectivity index (χ4v) is 2.45. The highest BCUT2D eigenvalue weighted by atomic mass is 19.4. The van der Waals surface area contributed by atoms with Gasteiger partial charge in [0.1, 0.15) is 0 Å². The van der Waals surface area contributed by atoms with Crippen LogP contribution in [0, 0.1) is 0 Å². The molecule has 1 heterocycles. The van der Waals surface area contributed by atoms with Crippen LogP contribution in [0.4, 0.5) is 13.2 Å². The molecule has 1 unspecified atom stereocenters. The van der Waals surface area contributed by atoms with Gasteiger partial charge in [0, 0.05) is 19.1 Å². The van der Waals surface area contributed by atoms with Crippen LogP contribution in [0.5, 0.6) is 0 Å². The lowest BCUT2D eigenvalue weighted by Crippen LogP contribution is -2.37. The van der Waals surface area contributed by atoms with Crippen molar-refractivity contribution in [3.05, 3.63) is 35.4 Å². The topological polar surface area (TPSA) is 38.5 Å². The highest BCUT2D eigenvalue weighted by molar-refractivity contribution is 5.26. The monoisotopic (exact) mass is 302 g/mol. The molecule has 1 atom stereocenters. The second kappa shape index (κ2) is 7.24. The van der Waals surface area contributed by atoms with E-state index in [1.165, 1.54) is 12.1 Å². The van der Waals surface area contributed by atoms with E-state index in [-0.39, 0.29) is 6.04 Å². The van der Waals surface area contributed by atoms with Gasteiger partial charge in [-0.1, -0.05) is 12.1 Å². The third-order valence-electron chi connectivity index (χ3n) is 3.76. The average Bonchev–Trinajstić information content (AvgIpc) is 2.47. The summed E-state index contributed by atoms with van der Waals surface area (Å²) in [6, 6.07) is 4.92. The number of nitrogens with two attached hydrogens (primary N) is 1. The number of benzene rings is 1. The molecule has 0 bridgehead atoms. The maximum atomic E-state index is 12.5. The fraction of sp³-hybridized carbons (Fsp3) is 0.600. The predicted molar refractivity (Wildman–Crippen MR) is 74.9 cm³/mol. The predicted octanol–water partition coefficient (Wildman–Crippen LogP) is 2.82. The van der Waals surface area contributed by atoms with Crippen LogP contribution in [-0.4, -0.2) is 37.7 Å². The van der Waals surface area contributed by atoms with Crippen molar-refractivity contribution in [3.63, 3.8) is 0 Å². The summed E-state index contributed by atoms with van der Waals surface area (Å²) in [7, 11) is 0. The Bertz CT molecular complexity index is 428. The van der Waals surface area contributed by atoms with Gasteiger partial charge in [-0.2, -0.15) is 13.2 Å². The Morgan fingerprint density at radius 1 is 1.14 bits per heavy atom. The number of alkyl halides is 3. The zero-order chi connectivity index (χ0) is 15.3. The number of hydrogen-bond acceptors (Lipinski definition) is 3. The van der Waals surface area contributed by atoms with Gasteiger partial charge >= 0.3 is 6.18 Å². The van der Waals surface area contributed by atoms with Crippen LogP contribution in [0.15, 0.2) is 24.3 Å². The van der Waals surface area contributed by atoms with Crippen LogP contribution in [0.1, 0.15) is 30.0 Å². The molecule has 118 valence electrons. The van der Waals surface area contributed by atoms with Gasteiger partial charge in [-0.15, -0.1) is 0 Å². The standard InChI is InChI=1S/C15H21F3N2O/c16-15(17,18)13-5-3-12(4-6-13)14(19)2-1-7-20-8-10-21-11-9-20/h3-6,14H,1-2,7-11,19H2. The van der Waals surface area contributed by atoms with Crippen LogP contribution >= 0.6 is 0 Å². The molecule has 0 amide bonds. The third kappa shape index (κ3) is 4.98. The van der Waals surface area contributed by atoms with Crippen LogP contribution in [-0.2, 0) is 10.9 Å². The van der Waals surface area contributed by atoms with Gasteiger partial charge in [-0.25, -0.2) is 0 Å². The maximum absolute atomic E-state index is 12.5. The van der Waals surface area contributed by atoms with Crippen LogP contribution in [0.25, 0.3) is 0 Å². The first-order valence-corrected chi connectivity index (χ1v) is 7.19. The van der Waals surface area contributed by atoms with Crippen molar-refractivity contribution in [2.24, 2.45) is 5.73 Å². The zero-order valence-electron chi connectivity index (χ0n) is 11.9. The van der Waals surface area contributed by atoms with E-state index in [1.54, 1.807) is 0 Å². The van der Waals surface area contributed by atoms with E-state index in [0.717, 1.165) is 63.4 Å². The van der Waals surface area contributed by atoms with E-state index < -0.39 is 11.7 Å². The molecule has 1 aliphatic heterocycles. The minimum atomic E-state index is -4.29. The smallest absolute Gasteiger partial charge is 0.379 e. The van der Waals surface area contributed by atoms with E-state index in [1.807, 2.05) is 0 Å². The van der Waals surface area contributed by atoms with Crippen molar-refractivity contribution in [2.45, 2.75) is 25.1 Å². The molecular weight excluding hydrogens is 281 g/mol. The molecule has 0 aromatic heterocycles. The highest BCUT2D eigenvalue weighted by Crippen LogP contribution is 2.30. The SMILES string of the molecule is NC(CCCN1CCOCC1)c1ccc(C(F)(F)F)cc1. The fourth-order valence-electron chi connectivity index (χ4n) is 2.45. The molecule has 1 aromatic rings. The minimum Gasteiger partial charge on any atom is -0.379 e. The van der Waals surface area contributed by atoms with Crippen LogP contribution < -0.4 is 5.73 Å². The number of halogens is 3. The number of rotatable bonds is 5. The Labute approximate surface area is 122 Å². The molecule has 1 saturated heterocycles. The van der Waals surface area contributed by atoms with Crippen molar-refractivity contribution in [2.75, 3.05) is 32.8 Å². The van der Waals surface area contributed by atoms with Crippen molar-refractivity contribution in [1.29, 1.82) is 0 Å². The van der Waals surface area contributed by atoms with Gasteiger partial charge in [0.15, 0.2) is 0 Å². The Kier molecular flexibility index (Phi) is 5.61. The largest absolute Gasteiger partial charge is 0.416 e. The molecular formula is C15H21F3N2O. The molecule has 0 radical (unpaired) electrons. The summed E-state index contributed by atoms with van der Waals surface area (Å²) in [6.07, 6.45) is -2.59. The number of nitrogens with zero attached hydrogens (tertiary/aromatic N) is 1. The lowest BCUT2D eigenvalue weighted by Gasteiger charge is -2.26. The number of ether oxygens (including phenoxy) is 1. The van der Waals surface area contributed by atoms with Gasteiger partial charge in [-0.05, 0) is 37.1 Å². The molecule has 2 rings (SSSR count). The van der Waals surface area contributed by atoms with Crippen molar-refractivity contribution >= 4 is 0 Å². The van der Waals surface area contributed by atoms with Gasteiger partial charge < -0.3 is 10.5 Å². The quantitative estimate of drug-likeness (QED) is 0.909. The summed E-state index contributed by atoms with van der Waals surface area (Å²) in [5.74, 6) is 0. The molecule has 1 fully saturated rings. The maximum Gasteiger partial charge on any atom is 0.416 e. The first-order valence-electron chi connectivity index (χ1n) is 7.19. The van der Waals surface area contributed by atoms with Crippen molar-refractivity contribution in [3.8, 4) is 0 Å². The molecule has 6 heteroatoms. The molecule has 21 heavy (non-hydrogen) atoms. The lowest BCUT2D eigenvalue weighted by molar-refractivity contribution is -0.137. The molecule has 0 saturated carbocycles. The van der Waals surface area contributed by atoms with Crippen molar-refractivity contribution in [1.82, 2.24) is 4.90 Å². The summed E-state index contributed by atoms with van der Waals surface area (Å²) < 4.78 is 42.7. The van der Waals surface area contributed by atoms with Crippen molar-refractivity contribution < 1.29 is 17.9 Å². The number of morpholine rings is 1. The second-order valence-corrected chi connectivity index (χ2v) is 5.32. The van der Waals surface area contributed by atoms with Crippen LogP contribution in [0.3, 0.4) is 0 Å². The first-order chi connectivity index (χ1) is 9.97. The number of hydrogen-bond donors (Lipinski definition) is 1. The van der Waals surface area contributed by atoms with E-state index >= 15 is 0 Å². The van der Waals surface area contributed by atoms with Gasteiger partial charge in [0.2, 0.25) is 0 Å². The minimum absolute atomic E-state index is 0.215.